The van der Waals surface area contributed by atoms with Gasteiger partial charge in [-0.15, -0.1) is 0 Å². The Morgan fingerprint density at radius 2 is 1.14 bits per heavy atom. The van der Waals surface area contributed by atoms with Crippen molar-refractivity contribution < 1.29 is 0 Å². The molecule has 2 nitrogen and oxygen atoms in total. The first-order valence-electron chi connectivity index (χ1n) is 20.2. The summed E-state index contributed by atoms with van der Waals surface area (Å²) in [6.07, 6.45) is 24.2. The summed E-state index contributed by atoms with van der Waals surface area (Å²) in [7, 11) is 0. The Morgan fingerprint density at radius 3 is 1.93 bits per heavy atom. The van der Waals surface area contributed by atoms with Gasteiger partial charge in [0.25, 0.3) is 0 Å². The van der Waals surface area contributed by atoms with Crippen LogP contribution in [0.1, 0.15) is 54.1 Å². The standard InChI is InChI=1S/C54H42N2/c1-4-14-37(15-5-1)40-24-28-45(29-25-40)55-51-22-12-10-20-47(51)49-35-41(26-30-53(49)55)42-27-31-54-50(36-42)48-21-11-13-23-52(48)56(54)46-33-43(38-16-6-2-7-17-38)32-44(34-46)39-18-8-3-9-19-39/h1-2,4-8,10-11,13-21,23-28,30-36,45H,3,9,12,22,29H2. The number of hydrogen-bond acceptors (Lipinski definition) is 0. The monoisotopic (exact) mass is 718 g/mol. The Balaban J connectivity index is 1.02. The average Bonchev–Trinajstić information content (AvgIpc) is 3.79. The number of nitrogens with zero attached hydrogens (tertiary/aromatic N) is 2. The molecule has 2 heteroatoms. The van der Waals surface area contributed by atoms with E-state index in [2.05, 4.69) is 197 Å². The molecule has 6 aromatic carbocycles. The maximum absolute atomic E-state index is 2.63. The molecule has 56 heavy (non-hydrogen) atoms. The molecule has 0 amide bonds. The van der Waals surface area contributed by atoms with Crippen LogP contribution in [0.15, 0.2) is 182 Å². The third-order valence-electron chi connectivity index (χ3n) is 12.1. The maximum atomic E-state index is 2.63. The van der Waals surface area contributed by atoms with E-state index in [0.29, 0.717) is 6.04 Å². The van der Waals surface area contributed by atoms with Gasteiger partial charge in [-0.25, -0.2) is 0 Å². The minimum Gasteiger partial charge on any atom is -0.337 e. The van der Waals surface area contributed by atoms with E-state index in [1.165, 1.54) is 94.2 Å². The van der Waals surface area contributed by atoms with E-state index < -0.39 is 0 Å². The number of para-hydroxylation sites is 1. The first kappa shape index (κ1) is 32.8. The molecular formula is C54H42N2. The Kier molecular flexibility index (Phi) is 7.95. The predicted octanol–water partition coefficient (Wildman–Crippen LogP) is 14.3. The molecule has 0 bridgehead atoms. The molecule has 11 rings (SSSR count). The minimum absolute atomic E-state index is 0.305. The fourth-order valence-electron chi connectivity index (χ4n) is 9.42. The summed E-state index contributed by atoms with van der Waals surface area (Å²) in [5.74, 6) is 0. The van der Waals surface area contributed by atoms with Gasteiger partial charge in [0.05, 0.1) is 17.1 Å². The predicted molar refractivity (Wildman–Crippen MR) is 238 cm³/mol. The largest absolute Gasteiger partial charge is 0.337 e. The van der Waals surface area contributed by atoms with Gasteiger partial charge in [-0.2, -0.15) is 0 Å². The van der Waals surface area contributed by atoms with Crippen molar-refractivity contribution in [1.29, 1.82) is 0 Å². The van der Waals surface area contributed by atoms with Crippen LogP contribution in [0.3, 0.4) is 0 Å². The van der Waals surface area contributed by atoms with Crippen LogP contribution in [-0.4, -0.2) is 9.13 Å². The van der Waals surface area contributed by atoms with Crippen LogP contribution in [0.2, 0.25) is 0 Å². The zero-order valence-electron chi connectivity index (χ0n) is 31.4. The van der Waals surface area contributed by atoms with Gasteiger partial charge in [0.1, 0.15) is 0 Å². The normalized spacial score (nSPS) is 16.4. The molecule has 0 fully saturated rings. The van der Waals surface area contributed by atoms with Crippen molar-refractivity contribution in [2.45, 2.75) is 38.1 Å². The molecule has 0 N–H and O–H groups in total. The highest BCUT2D eigenvalue weighted by atomic mass is 15.0. The number of hydrogen-bond donors (Lipinski definition) is 0. The molecule has 268 valence electrons. The fourth-order valence-corrected chi connectivity index (χ4v) is 9.42. The summed E-state index contributed by atoms with van der Waals surface area (Å²) >= 11 is 0. The van der Waals surface area contributed by atoms with Gasteiger partial charge in [0, 0.05) is 38.6 Å². The molecule has 3 aliphatic rings. The summed E-state index contributed by atoms with van der Waals surface area (Å²) in [4.78, 5) is 0. The highest BCUT2D eigenvalue weighted by Crippen LogP contribution is 2.41. The number of benzene rings is 6. The smallest absolute Gasteiger partial charge is 0.0557 e. The molecule has 0 aliphatic heterocycles. The summed E-state index contributed by atoms with van der Waals surface area (Å²) in [6.45, 7) is 0. The highest BCUT2D eigenvalue weighted by Gasteiger charge is 2.24. The Morgan fingerprint density at radius 1 is 0.446 bits per heavy atom. The molecule has 8 aromatic rings. The van der Waals surface area contributed by atoms with Crippen molar-refractivity contribution in [2.75, 3.05) is 0 Å². The third-order valence-corrected chi connectivity index (χ3v) is 12.1. The number of aromatic nitrogens is 2. The van der Waals surface area contributed by atoms with Crippen molar-refractivity contribution in [3.05, 3.63) is 204 Å². The summed E-state index contributed by atoms with van der Waals surface area (Å²) in [5.41, 5.74) is 17.9. The lowest BCUT2D eigenvalue weighted by Crippen LogP contribution is -2.12. The van der Waals surface area contributed by atoms with Crippen LogP contribution < -0.4 is 0 Å². The van der Waals surface area contributed by atoms with Crippen molar-refractivity contribution in [1.82, 2.24) is 9.13 Å². The van der Waals surface area contributed by atoms with E-state index in [1.54, 1.807) is 0 Å². The van der Waals surface area contributed by atoms with Crippen LogP contribution in [0.25, 0.3) is 77.9 Å². The average molecular weight is 719 g/mol. The van der Waals surface area contributed by atoms with Crippen LogP contribution in [0, 0.1) is 0 Å². The number of allylic oxidation sites excluding steroid dienone is 9. The minimum atomic E-state index is 0.305. The molecule has 1 unspecified atom stereocenters. The van der Waals surface area contributed by atoms with Crippen molar-refractivity contribution in [3.8, 4) is 27.9 Å². The first-order chi connectivity index (χ1) is 27.8. The zero-order chi connectivity index (χ0) is 37.0. The lowest BCUT2D eigenvalue weighted by Gasteiger charge is -2.23. The molecule has 0 spiro atoms. The second kappa shape index (κ2) is 13.6. The van der Waals surface area contributed by atoms with Crippen molar-refractivity contribution in [3.63, 3.8) is 0 Å². The van der Waals surface area contributed by atoms with E-state index >= 15 is 0 Å². The SMILES string of the molecule is C1=CC(c2cc(-c3ccccc3)cc(-n3c4ccccc4c4cc(-c5ccc6c(c5)c5c(n6C6C=CC(c7ccccc7)=CC6)CCC=C5)ccc43)c2)=CCC1. The van der Waals surface area contributed by atoms with Crippen LogP contribution in [0.5, 0.6) is 0 Å². The van der Waals surface area contributed by atoms with E-state index in [1.807, 2.05) is 0 Å². The Bertz CT molecular complexity index is 2980. The fraction of sp³-hybridized carbons (Fsp3) is 0.111. The van der Waals surface area contributed by atoms with Gasteiger partial charge in [0.2, 0.25) is 0 Å². The number of rotatable bonds is 6. The molecule has 2 aromatic heterocycles. The van der Waals surface area contributed by atoms with E-state index in [9.17, 15) is 0 Å². The van der Waals surface area contributed by atoms with Crippen LogP contribution in [0.4, 0.5) is 0 Å². The molecule has 0 saturated carbocycles. The van der Waals surface area contributed by atoms with Crippen molar-refractivity contribution in [2.24, 2.45) is 0 Å². The van der Waals surface area contributed by atoms with Gasteiger partial charge >= 0.3 is 0 Å². The second-order valence-corrected chi connectivity index (χ2v) is 15.4. The third kappa shape index (κ3) is 5.56. The molecular weight excluding hydrogens is 677 g/mol. The van der Waals surface area contributed by atoms with E-state index in [-0.39, 0.29) is 0 Å². The molecule has 0 saturated heterocycles. The van der Waals surface area contributed by atoms with Gasteiger partial charge in [-0.3, -0.25) is 0 Å². The van der Waals surface area contributed by atoms with Gasteiger partial charge in [-0.1, -0.05) is 140 Å². The summed E-state index contributed by atoms with van der Waals surface area (Å²) < 4.78 is 5.10. The summed E-state index contributed by atoms with van der Waals surface area (Å²) in [6, 6.07) is 52.1. The van der Waals surface area contributed by atoms with Crippen LogP contribution in [-0.2, 0) is 6.42 Å². The van der Waals surface area contributed by atoms with E-state index in [0.717, 1.165) is 32.1 Å². The topological polar surface area (TPSA) is 9.86 Å². The molecule has 3 aliphatic carbocycles. The summed E-state index contributed by atoms with van der Waals surface area (Å²) in [5, 5.41) is 3.89. The highest BCUT2D eigenvalue weighted by molar-refractivity contribution is 6.11. The second-order valence-electron chi connectivity index (χ2n) is 15.4. The Labute approximate surface area is 328 Å². The molecule has 1 atom stereocenters. The molecule has 2 heterocycles. The Hall–Kier alpha value is -6.64. The van der Waals surface area contributed by atoms with Crippen molar-refractivity contribution >= 4 is 49.9 Å². The lowest BCUT2D eigenvalue weighted by atomic mass is 9.95. The zero-order valence-corrected chi connectivity index (χ0v) is 31.4. The number of fused-ring (bicyclic) bond motifs is 6. The quantitative estimate of drug-likeness (QED) is 0.162. The van der Waals surface area contributed by atoms with Gasteiger partial charge in [-0.05, 0) is 125 Å². The first-order valence-corrected chi connectivity index (χ1v) is 20.2. The van der Waals surface area contributed by atoms with Crippen LogP contribution >= 0.6 is 0 Å². The van der Waals surface area contributed by atoms with E-state index in [4.69, 9.17) is 0 Å². The molecule has 0 radical (unpaired) electrons. The van der Waals surface area contributed by atoms with Gasteiger partial charge in [0.15, 0.2) is 0 Å². The lowest BCUT2D eigenvalue weighted by molar-refractivity contribution is 0.600. The van der Waals surface area contributed by atoms with Gasteiger partial charge < -0.3 is 9.13 Å². The maximum Gasteiger partial charge on any atom is 0.0557 e.